The summed E-state index contributed by atoms with van der Waals surface area (Å²) in [5.74, 6) is -2.54. The van der Waals surface area contributed by atoms with Gasteiger partial charge in [0.15, 0.2) is 11.4 Å². The summed E-state index contributed by atoms with van der Waals surface area (Å²) in [6.45, 7) is 1.52. The number of rotatable bonds is 8. The molecule has 0 radical (unpaired) electrons. The lowest BCUT2D eigenvalue weighted by Crippen LogP contribution is -2.34. The van der Waals surface area contributed by atoms with Crippen LogP contribution in [0.25, 0.3) is 11.3 Å². The molecule has 0 saturated heterocycles. The number of aryl methyl sites for hydroxylation is 1. The molecule has 3 aromatic rings. The van der Waals surface area contributed by atoms with E-state index in [1.54, 1.807) is 0 Å². The van der Waals surface area contributed by atoms with Gasteiger partial charge >= 0.3 is 0 Å². The highest BCUT2D eigenvalue weighted by molar-refractivity contribution is 6.02. The number of hydrogen-bond acceptors (Lipinski definition) is 7. The summed E-state index contributed by atoms with van der Waals surface area (Å²) in [7, 11) is 0. The lowest BCUT2D eigenvalue weighted by Gasteiger charge is -2.22. The van der Waals surface area contributed by atoms with Crippen molar-refractivity contribution in [2.45, 2.75) is 31.8 Å². The van der Waals surface area contributed by atoms with Gasteiger partial charge in [0.2, 0.25) is 0 Å². The van der Waals surface area contributed by atoms with E-state index in [-0.39, 0.29) is 31.7 Å². The van der Waals surface area contributed by atoms with E-state index in [0.29, 0.717) is 17.8 Å². The van der Waals surface area contributed by atoms with Crippen molar-refractivity contribution in [3.8, 4) is 11.3 Å². The predicted molar refractivity (Wildman–Crippen MR) is 120 cm³/mol. The number of ketones is 1. The fraction of sp³-hybridized carbons (Fsp3) is 0.280. The quantitative estimate of drug-likeness (QED) is 0.492. The summed E-state index contributed by atoms with van der Waals surface area (Å²) in [6.07, 6.45) is 3.24. The Morgan fingerprint density at radius 2 is 1.88 bits per heavy atom. The van der Waals surface area contributed by atoms with Gasteiger partial charge in [-0.2, -0.15) is 0 Å². The average molecular weight is 467 g/mol. The zero-order valence-electron chi connectivity index (χ0n) is 18.5. The molecule has 2 N–H and O–H groups in total. The average Bonchev–Trinajstić information content (AvgIpc) is 3.25. The highest BCUT2D eigenvalue weighted by Gasteiger charge is 2.38. The second kappa shape index (κ2) is 9.74. The third-order valence-electron chi connectivity index (χ3n) is 5.83. The molecule has 1 aliphatic heterocycles. The van der Waals surface area contributed by atoms with Crippen LogP contribution in [0.2, 0.25) is 0 Å². The molecule has 9 heteroatoms. The van der Waals surface area contributed by atoms with E-state index in [9.17, 15) is 23.8 Å². The van der Waals surface area contributed by atoms with Gasteiger partial charge in [0.05, 0.1) is 41.9 Å². The maximum Gasteiger partial charge on any atom is 0.174 e. The standard InChI is InChI=1S/C25H23F2N3O4/c1-15-5-6-16(21-11-25(14-32,7-8-31)34-30-21)9-18(15)22-13-28-17(12-29-22)10-23(33)24-19(26)3-2-4-20(24)27/h2-6,9,12-13,31-32H,7-8,10-11,14H2,1H3. The molecule has 0 aliphatic carbocycles. The van der Waals surface area contributed by atoms with Crippen LogP contribution in [-0.4, -0.2) is 50.5 Å². The van der Waals surface area contributed by atoms with Crippen LogP contribution in [0.5, 0.6) is 0 Å². The monoisotopic (exact) mass is 467 g/mol. The number of hydrogen-bond donors (Lipinski definition) is 2. The van der Waals surface area contributed by atoms with Crippen molar-refractivity contribution in [3.05, 3.63) is 82.8 Å². The van der Waals surface area contributed by atoms with Gasteiger partial charge in [0.25, 0.3) is 0 Å². The Labute approximate surface area is 194 Å². The number of aromatic nitrogens is 2. The second-order valence-corrected chi connectivity index (χ2v) is 8.24. The van der Waals surface area contributed by atoms with Crippen molar-refractivity contribution in [1.29, 1.82) is 0 Å². The smallest absolute Gasteiger partial charge is 0.174 e. The van der Waals surface area contributed by atoms with E-state index >= 15 is 0 Å². The van der Waals surface area contributed by atoms with Gasteiger partial charge in [-0.05, 0) is 30.7 Å². The Morgan fingerprint density at radius 1 is 1.12 bits per heavy atom. The number of aliphatic hydroxyl groups excluding tert-OH is 2. The molecule has 1 unspecified atom stereocenters. The van der Waals surface area contributed by atoms with Gasteiger partial charge in [0, 0.05) is 36.8 Å². The van der Waals surface area contributed by atoms with Crippen LogP contribution in [0, 0.1) is 18.6 Å². The van der Waals surface area contributed by atoms with Gasteiger partial charge in [-0.15, -0.1) is 0 Å². The first-order chi connectivity index (χ1) is 16.4. The van der Waals surface area contributed by atoms with Crippen LogP contribution >= 0.6 is 0 Å². The summed E-state index contributed by atoms with van der Waals surface area (Å²) in [4.78, 5) is 26.5. The van der Waals surface area contributed by atoms with Gasteiger partial charge in [-0.1, -0.05) is 23.4 Å². The van der Waals surface area contributed by atoms with Crippen LogP contribution in [0.4, 0.5) is 8.78 Å². The zero-order valence-corrected chi connectivity index (χ0v) is 18.5. The molecule has 7 nitrogen and oxygen atoms in total. The van der Waals surface area contributed by atoms with Gasteiger partial charge in [0.1, 0.15) is 11.6 Å². The highest BCUT2D eigenvalue weighted by atomic mass is 19.1. The number of nitrogens with zero attached hydrogens (tertiary/aromatic N) is 3. The van der Waals surface area contributed by atoms with Crippen LogP contribution in [0.15, 0.2) is 53.9 Å². The van der Waals surface area contributed by atoms with Gasteiger partial charge in [-0.3, -0.25) is 14.8 Å². The van der Waals surface area contributed by atoms with Crippen LogP contribution in [-0.2, 0) is 11.3 Å². The first-order valence-corrected chi connectivity index (χ1v) is 10.7. The van der Waals surface area contributed by atoms with E-state index < -0.39 is 28.6 Å². The topological polar surface area (TPSA) is 105 Å². The molecule has 4 rings (SSSR count). The fourth-order valence-electron chi connectivity index (χ4n) is 3.86. The molecular formula is C25H23F2N3O4. The zero-order chi connectivity index (χ0) is 24.3. The predicted octanol–water partition coefficient (Wildman–Crippen LogP) is 3.39. The number of halogens is 2. The first-order valence-electron chi connectivity index (χ1n) is 10.7. The molecule has 1 aromatic heterocycles. The molecule has 34 heavy (non-hydrogen) atoms. The van der Waals surface area contributed by atoms with Crippen molar-refractivity contribution >= 4 is 11.5 Å². The molecule has 176 valence electrons. The summed E-state index contributed by atoms with van der Waals surface area (Å²) < 4.78 is 27.7. The summed E-state index contributed by atoms with van der Waals surface area (Å²) >= 11 is 0. The number of carbonyl (C=O) groups is 1. The Balaban J connectivity index is 1.54. The van der Waals surface area contributed by atoms with Crippen molar-refractivity contribution in [1.82, 2.24) is 9.97 Å². The number of benzene rings is 2. The molecule has 2 aromatic carbocycles. The SMILES string of the molecule is Cc1ccc(C2=NOC(CO)(CCO)C2)cc1-c1cnc(CC(=O)c2c(F)cccc2F)cn1. The molecule has 1 aliphatic rings. The first kappa shape index (κ1) is 23.6. The third kappa shape index (κ3) is 4.71. The van der Waals surface area contributed by atoms with Crippen molar-refractivity contribution in [2.75, 3.05) is 13.2 Å². The Hall–Kier alpha value is -3.56. The lowest BCUT2D eigenvalue weighted by atomic mass is 9.91. The van der Waals surface area contributed by atoms with E-state index in [1.807, 2.05) is 25.1 Å². The lowest BCUT2D eigenvalue weighted by molar-refractivity contribution is -0.0697. The van der Waals surface area contributed by atoms with Crippen molar-refractivity contribution < 1.29 is 28.6 Å². The normalized spacial score (nSPS) is 17.4. The second-order valence-electron chi connectivity index (χ2n) is 8.24. The molecular weight excluding hydrogens is 444 g/mol. The molecule has 2 heterocycles. The number of aliphatic hydroxyl groups is 2. The van der Waals surface area contributed by atoms with Crippen molar-refractivity contribution in [3.63, 3.8) is 0 Å². The minimum Gasteiger partial charge on any atom is -0.396 e. The summed E-state index contributed by atoms with van der Waals surface area (Å²) in [6, 6.07) is 8.94. The van der Waals surface area contributed by atoms with Gasteiger partial charge in [-0.25, -0.2) is 8.78 Å². The molecule has 0 spiro atoms. The maximum absolute atomic E-state index is 13.9. The van der Waals surface area contributed by atoms with Crippen LogP contribution in [0.3, 0.4) is 0 Å². The molecule has 0 amide bonds. The highest BCUT2D eigenvalue weighted by Crippen LogP contribution is 2.31. The molecule has 1 atom stereocenters. The van der Waals surface area contributed by atoms with E-state index in [0.717, 1.165) is 28.8 Å². The Morgan fingerprint density at radius 3 is 2.53 bits per heavy atom. The van der Waals surface area contributed by atoms with Gasteiger partial charge < -0.3 is 15.1 Å². The molecule has 0 saturated carbocycles. The van der Waals surface area contributed by atoms with E-state index in [4.69, 9.17) is 4.84 Å². The summed E-state index contributed by atoms with van der Waals surface area (Å²) in [5, 5.41) is 23.1. The molecule has 0 bridgehead atoms. The number of Topliss-reactive ketones (excluding diaryl/α,β-unsaturated/α-hetero) is 1. The molecule has 0 fully saturated rings. The number of carbonyl (C=O) groups excluding carboxylic acids is 1. The third-order valence-corrected chi connectivity index (χ3v) is 5.83. The Bertz CT molecular complexity index is 1230. The largest absolute Gasteiger partial charge is 0.396 e. The van der Waals surface area contributed by atoms with E-state index in [1.165, 1.54) is 18.5 Å². The van der Waals surface area contributed by atoms with Crippen molar-refractivity contribution in [2.24, 2.45) is 5.16 Å². The summed E-state index contributed by atoms with van der Waals surface area (Å²) in [5.41, 5.74) is 2.47. The number of oxime groups is 1. The van der Waals surface area contributed by atoms with Crippen LogP contribution in [0.1, 0.15) is 40.0 Å². The maximum atomic E-state index is 13.9. The minimum atomic E-state index is -0.930. The van der Waals surface area contributed by atoms with Crippen LogP contribution < -0.4 is 0 Å². The Kier molecular flexibility index (Phi) is 6.76. The minimum absolute atomic E-state index is 0.128. The van der Waals surface area contributed by atoms with E-state index in [2.05, 4.69) is 15.1 Å². The fourth-order valence-corrected chi connectivity index (χ4v) is 3.86.